The number of carboxylic acids is 1. The topological polar surface area (TPSA) is 134 Å². The first-order chi connectivity index (χ1) is 13.8. The van der Waals surface area contributed by atoms with Crippen LogP contribution in [-0.4, -0.2) is 54.0 Å². The summed E-state index contributed by atoms with van der Waals surface area (Å²) < 4.78 is 5.61. The zero-order chi connectivity index (χ0) is 21.4. The fourth-order valence-electron chi connectivity index (χ4n) is 2.98. The maximum atomic E-state index is 12.5. The summed E-state index contributed by atoms with van der Waals surface area (Å²) >= 11 is 0. The lowest BCUT2D eigenvalue weighted by Gasteiger charge is -2.20. The van der Waals surface area contributed by atoms with Crippen molar-refractivity contribution >= 4 is 23.7 Å². The van der Waals surface area contributed by atoms with E-state index in [1.807, 2.05) is 13.8 Å². The Morgan fingerprint density at radius 1 is 1.21 bits per heavy atom. The van der Waals surface area contributed by atoms with E-state index in [0.717, 1.165) is 0 Å². The molecule has 1 heterocycles. The lowest BCUT2D eigenvalue weighted by molar-refractivity contribution is -0.139. The SMILES string of the molecule is CC(C)C[C@H]1NC(=O)CC[C@@H](C(=O)O)NC(=O)c2ccccc2OCCNC1=O. The van der Waals surface area contributed by atoms with Crippen molar-refractivity contribution in [3.63, 3.8) is 0 Å². The molecule has 0 fully saturated rings. The van der Waals surface area contributed by atoms with Gasteiger partial charge in [-0.1, -0.05) is 26.0 Å². The van der Waals surface area contributed by atoms with Gasteiger partial charge in [0.1, 0.15) is 24.4 Å². The lowest BCUT2D eigenvalue weighted by Crippen LogP contribution is -2.48. The van der Waals surface area contributed by atoms with Crippen molar-refractivity contribution in [2.24, 2.45) is 5.92 Å². The molecule has 1 aromatic rings. The Balaban J connectivity index is 2.24. The molecule has 9 heteroatoms. The number of carbonyl (C=O) groups is 4. The molecule has 0 saturated heterocycles. The van der Waals surface area contributed by atoms with Gasteiger partial charge in [0, 0.05) is 6.42 Å². The Morgan fingerprint density at radius 2 is 1.93 bits per heavy atom. The van der Waals surface area contributed by atoms with Crippen molar-refractivity contribution in [1.29, 1.82) is 0 Å². The average molecular weight is 405 g/mol. The third-order valence-electron chi connectivity index (χ3n) is 4.41. The summed E-state index contributed by atoms with van der Waals surface area (Å²) in [5.74, 6) is -2.18. The van der Waals surface area contributed by atoms with Gasteiger partial charge in [0.05, 0.1) is 12.1 Å². The van der Waals surface area contributed by atoms with Crippen LogP contribution in [0.5, 0.6) is 5.75 Å². The van der Waals surface area contributed by atoms with Crippen molar-refractivity contribution in [3.05, 3.63) is 29.8 Å². The molecular weight excluding hydrogens is 378 g/mol. The van der Waals surface area contributed by atoms with Gasteiger partial charge in [0.2, 0.25) is 11.8 Å². The number of aliphatic carboxylic acids is 1. The van der Waals surface area contributed by atoms with Gasteiger partial charge in [-0.3, -0.25) is 14.4 Å². The molecule has 3 amide bonds. The molecule has 0 aromatic heterocycles. The summed E-state index contributed by atoms with van der Waals surface area (Å²) in [6.07, 6.45) is 0.198. The highest BCUT2D eigenvalue weighted by Gasteiger charge is 2.26. The molecule has 4 N–H and O–H groups in total. The van der Waals surface area contributed by atoms with E-state index in [1.54, 1.807) is 18.2 Å². The molecule has 158 valence electrons. The van der Waals surface area contributed by atoms with Crippen LogP contribution in [-0.2, 0) is 14.4 Å². The van der Waals surface area contributed by atoms with Gasteiger partial charge in [-0.15, -0.1) is 0 Å². The van der Waals surface area contributed by atoms with Crippen molar-refractivity contribution in [2.45, 2.75) is 45.2 Å². The van der Waals surface area contributed by atoms with E-state index in [4.69, 9.17) is 4.74 Å². The van der Waals surface area contributed by atoms with E-state index < -0.39 is 29.9 Å². The summed E-state index contributed by atoms with van der Waals surface area (Å²) in [6.45, 7) is 4.17. The summed E-state index contributed by atoms with van der Waals surface area (Å²) in [6, 6.07) is 4.47. The predicted octanol–water partition coefficient (Wildman–Crippen LogP) is 0.689. The van der Waals surface area contributed by atoms with Crippen LogP contribution in [0.25, 0.3) is 0 Å². The second kappa shape index (κ2) is 10.4. The molecule has 1 aliphatic rings. The number of carbonyl (C=O) groups excluding carboxylic acids is 3. The van der Waals surface area contributed by atoms with Crippen molar-refractivity contribution < 1.29 is 29.0 Å². The van der Waals surface area contributed by atoms with E-state index in [0.29, 0.717) is 6.42 Å². The van der Waals surface area contributed by atoms with Crippen LogP contribution in [0.4, 0.5) is 0 Å². The number of benzene rings is 1. The number of nitrogens with one attached hydrogen (secondary N) is 3. The number of para-hydroxylation sites is 1. The molecule has 0 bridgehead atoms. The number of hydrogen-bond donors (Lipinski definition) is 4. The number of carboxylic acid groups (broad SMARTS) is 1. The molecule has 0 radical (unpaired) electrons. The van der Waals surface area contributed by atoms with Crippen LogP contribution in [0.2, 0.25) is 0 Å². The molecule has 0 spiro atoms. The number of fused-ring (bicyclic) bond motifs is 1. The summed E-state index contributed by atoms with van der Waals surface area (Å²) in [4.78, 5) is 48.8. The Labute approximate surface area is 169 Å². The van der Waals surface area contributed by atoms with Crippen LogP contribution in [0.1, 0.15) is 43.5 Å². The van der Waals surface area contributed by atoms with E-state index in [1.165, 1.54) is 6.07 Å². The van der Waals surface area contributed by atoms with Crippen LogP contribution >= 0.6 is 0 Å². The summed E-state index contributed by atoms with van der Waals surface area (Å²) in [5, 5.41) is 17.2. The molecule has 0 unspecified atom stereocenters. The largest absolute Gasteiger partial charge is 0.491 e. The van der Waals surface area contributed by atoms with Crippen LogP contribution in [0, 0.1) is 5.92 Å². The van der Waals surface area contributed by atoms with Gasteiger partial charge in [0.25, 0.3) is 5.91 Å². The Morgan fingerprint density at radius 3 is 2.62 bits per heavy atom. The molecule has 1 aromatic carbocycles. The maximum Gasteiger partial charge on any atom is 0.326 e. The number of amides is 3. The minimum absolute atomic E-state index is 0.105. The molecule has 2 atom stereocenters. The normalized spacial score (nSPS) is 21.6. The number of hydrogen-bond acceptors (Lipinski definition) is 5. The zero-order valence-corrected chi connectivity index (χ0v) is 16.6. The van der Waals surface area contributed by atoms with Crippen LogP contribution in [0.3, 0.4) is 0 Å². The fraction of sp³-hybridized carbons (Fsp3) is 0.500. The van der Waals surface area contributed by atoms with E-state index >= 15 is 0 Å². The van der Waals surface area contributed by atoms with Gasteiger partial charge in [0.15, 0.2) is 0 Å². The van der Waals surface area contributed by atoms with Gasteiger partial charge in [-0.2, -0.15) is 0 Å². The standard InChI is InChI=1S/C20H27N3O6/c1-12(2)11-15-19(26)21-9-10-29-16-6-4-3-5-13(16)18(25)23-14(20(27)28)7-8-17(24)22-15/h3-6,12,14-15H,7-11H2,1-2H3,(H,21,26)(H,22,24)(H,23,25)(H,27,28)/t14-,15+/m0/s1. The Kier molecular flexibility index (Phi) is 7.99. The van der Waals surface area contributed by atoms with Crippen molar-refractivity contribution in [2.75, 3.05) is 13.2 Å². The number of rotatable bonds is 3. The average Bonchev–Trinajstić information content (AvgIpc) is 2.66. The van der Waals surface area contributed by atoms with Gasteiger partial charge < -0.3 is 25.8 Å². The van der Waals surface area contributed by atoms with Gasteiger partial charge >= 0.3 is 5.97 Å². The molecule has 9 nitrogen and oxygen atoms in total. The summed E-state index contributed by atoms with van der Waals surface area (Å²) in [7, 11) is 0. The van der Waals surface area contributed by atoms with Gasteiger partial charge in [-0.25, -0.2) is 4.79 Å². The minimum atomic E-state index is -1.25. The summed E-state index contributed by atoms with van der Waals surface area (Å²) in [5.41, 5.74) is 0.182. The molecule has 29 heavy (non-hydrogen) atoms. The highest BCUT2D eigenvalue weighted by atomic mass is 16.5. The molecular formula is C20H27N3O6. The predicted molar refractivity (Wildman–Crippen MR) is 104 cm³/mol. The second-order valence-corrected chi connectivity index (χ2v) is 7.29. The van der Waals surface area contributed by atoms with E-state index in [9.17, 15) is 24.3 Å². The number of ether oxygens (including phenoxy) is 1. The first kappa shape index (κ1) is 22.2. The van der Waals surface area contributed by atoms with E-state index in [2.05, 4.69) is 16.0 Å². The zero-order valence-electron chi connectivity index (χ0n) is 16.6. The molecule has 2 rings (SSSR count). The smallest absolute Gasteiger partial charge is 0.326 e. The third-order valence-corrected chi connectivity index (χ3v) is 4.41. The Hall–Kier alpha value is -3.10. The van der Waals surface area contributed by atoms with Crippen molar-refractivity contribution in [1.82, 2.24) is 16.0 Å². The molecule has 0 saturated carbocycles. The minimum Gasteiger partial charge on any atom is -0.491 e. The van der Waals surface area contributed by atoms with Crippen molar-refractivity contribution in [3.8, 4) is 5.75 Å². The highest BCUT2D eigenvalue weighted by molar-refractivity contribution is 5.99. The van der Waals surface area contributed by atoms with Gasteiger partial charge in [-0.05, 0) is 30.9 Å². The second-order valence-electron chi connectivity index (χ2n) is 7.29. The first-order valence-corrected chi connectivity index (χ1v) is 9.60. The quantitative estimate of drug-likeness (QED) is 0.585. The highest BCUT2D eigenvalue weighted by Crippen LogP contribution is 2.18. The maximum absolute atomic E-state index is 12.5. The monoisotopic (exact) mass is 405 g/mol. The van der Waals surface area contributed by atoms with E-state index in [-0.39, 0.29) is 49.1 Å². The first-order valence-electron chi connectivity index (χ1n) is 9.60. The fourth-order valence-corrected chi connectivity index (χ4v) is 2.98. The Bertz CT molecular complexity index is 764. The lowest BCUT2D eigenvalue weighted by atomic mass is 10.0. The van der Waals surface area contributed by atoms with Crippen LogP contribution in [0.15, 0.2) is 24.3 Å². The molecule has 1 aliphatic heterocycles. The molecule has 0 aliphatic carbocycles. The third kappa shape index (κ3) is 6.78. The van der Waals surface area contributed by atoms with Crippen LogP contribution < -0.4 is 20.7 Å².